The van der Waals surface area contributed by atoms with E-state index in [0.717, 1.165) is 6.42 Å². The first-order valence-corrected chi connectivity index (χ1v) is 7.67. The third-order valence-electron chi connectivity index (χ3n) is 3.91. The van der Waals surface area contributed by atoms with Gasteiger partial charge < -0.3 is 15.6 Å². The van der Waals surface area contributed by atoms with Crippen LogP contribution in [0, 0.1) is 0 Å². The Balaban J connectivity index is 0.000000704. The van der Waals surface area contributed by atoms with Crippen LogP contribution in [0.4, 0.5) is 0 Å². The molecule has 0 spiro atoms. The van der Waals surface area contributed by atoms with Crippen LogP contribution < -0.4 is 5.73 Å². The molecule has 0 aliphatic carbocycles. The molecule has 1 aromatic heterocycles. The summed E-state index contributed by atoms with van der Waals surface area (Å²) in [6.07, 6.45) is 0.987. The van der Waals surface area contributed by atoms with E-state index in [1.54, 1.807) is 0 Å². The maximum atomic E-state index is 5.84. The summed E-state index contributed by atoms with van der Waals surface area (Å²) < 4.78 is 0. The lowest BCUT2D eigenvalue weighted by atomic mass is 9.93. The molecule has 0 saturated carbocycles. The number of nitrogens with one attached hydrogen (secondary N) is 1. The maximum Gasteiger partial charge on any atom is 0.167 e. The van der Waals surface area contributed by atoms with Crippen molar-refractivity contribution in [3.8, 4) is 0 Å². The first kappa shape index (κ1) is 14.9. The highest BCUT2D eigenvalue weighted by atomic mass is 32.1. The Morgan fingerprint density at radius 2 is 1.95 bits per heavy atom. The molecule has 3 nitrogen and oxygen atoms in total. The summed E-state index contributed by atoms with van der Waals surface area (Å²) in [7, 11) is 0. The smallest absolute Gasteiger partial charge is 0.167 e. The van der Waals surface area contributed by atoms with Crippen molar-refractivity contribution in [3.05, 3.63) is 35.5 Å². The SMILES string of the molecule is CC.CC1Cc2c([nH]c3ccccc23)C(C)N1C(N)=S. The number of benzene rings is 1. The summed E-state index contributed by atoms with van der Waals surface area (Å²) in [5.41, 5.74) is 9.71. The standard InChI is InChI=1S/C14H17N3S.C2H6/c1-8-7-11-10-5-3-4-6-12(10)16-13(11)9(2)17(8)14(15)18;1-2/h3-6,8-9,16H,7H2,1-2H3,(H2,15,18);1-2H3. The van der Waals surface area contributed by atoms with E-state index >= 15 is 0 Å². The largest absolute Gasteiger partial charge is 0.376 e. The number of thiocarbonyl (C=S) groups is 1. The van der Waals surface area contributed by atoms with Crippen molar-refractivity contribution in [2.24, 2.45) is 5.73 Å². The van der Waals surface area contributed by atoms with E-state index in [0.29, 0.717) is 11.2 Å². The summed E-state index contributed by atoms with van der Waals surface area (Å²) in [5, 5.41) is 1.81. The summed E-state index contributed by atoms with van der Waals surface area (Å²) in [5.74, 6) is 0. The molecular formula is C16H23N3S. The lowest BCUT2D eigenvalue weighted by molar-refractivity contribution is 0.242. The molecule has 3 N–H and O–H groups in total. The van der Waals surface area contributed by atoms with E-state index in [1.165, 1.54) is 22.2 Å². The Hall–Kier alpha value is -1.55. The van der Waals surface area contributed by atoms with Gasteiger partial charge in [-0.25, -0.2) is 0 Å². The van der Waals surface area contributed by atoms with Crippen LogP contribution in [0.15, 0.2) is 24.3 Å². The van der Waals surface area contributed by atoms with E-state index < -0.39 is 0 Å². The van der Waals surface area contributed by atoms with E-state index in [1.807, 2.05) is 13.8 Å². The van der Waals surface area contributed by atoms with Crippen LogP contribution in [0.1, 0.15) is 45.0 Å². The van der Waals surface area contributed by atoms with Crippen molar-refractivity contribution >= 4 is 28.2 Å². The van der Waals surface area contributed by atoms with Crippen LogP contribution in [0.2, 0.25) is 0 Å². The molecule has 108 valence electrons. The number of nitrogens with two attached hydrogens (primary N) is 1. The number of H-pyrrole nitrogens is 1. The fourth-order valence-corrected chi connectivity index (χ4v) is 3.46. The highest BCUT2D eigenvalue weighted by Crippen LogP contribution is 2.36. The number of para-hydroxylation sites is 1. The lowest BCUT2D eigenvalue weighted by Crippen LogP contribution is -2.47. The molecule has 0 radical (unpaired) electrons. The minimum Gasteiger partial charge on any atom is -0.376 e. The van der Waals surface area contributed by atoms with Crippen LogP contribution in [-0.4, -0.2) is 21.0 Å². The molecular weight excluding hydrogens is 266 g/mol. The molecule has 3 rings (SSSR count). The predicted molar refractivity (Wildman–Crippen MR) is 89.9 cm³/mol. The molecule has 0 fully saturated rings. The van der Waals surface area contributed by atoms with Gasteiger partial charge in [-0.3, -0.25) is 0 Å². The fraction of sp³-hybridized carbons (Fsp3) is 0.438. The van der Waals surface area contributed by atoms with Crippen LogP contribution in [0.25, 0.3) is 10.9 Å². The Bertz CT molecular complexity index is 617. The average Bonchev–Trinajstić information content (AvgIpc) is 2.80. The van der Waals surface area contributed by atoms with E-state index in [-0.39, 0.29) is 6.04 Å². The Labute approximate surface area is 126 Å². The molecule has 2 unspecified atom stereocenters. The maximum absolute atomic E-state index is 5.84. The van der Waals surface area contributed by atoms with Gasteiger partial charge in [0.05, 0.1) is 6.04 Å². The van der Waals surface area contributed by atoms with Gasteiger partial charge in [0.25, 0.3) is 0 Å². The van der Waals surface area contributed by atoms with Gasteiger partial charge in [-0.15, -0.1) is 0 Å². The molecule has 0 saturated heterocycles. The predicted octanol–water partition coefficient (Wildman–Crippen LogP) is 3.75. The van der Waals surface area contributed by atoms with Gasteiger partial charge in [-0.05, 0) is 44.1 Å². The number of hydrogen-bond acceptors (Lipinski definition) is 1. The molecule has 2 heterocycles. The van der Waals surface area contributed by atoms with Crippen molar-refractivity contribution in [1.82, 2.24) is 9.88 Å². The molecule has 2 aromatic rings. The lowest BCUT2D eigenvalue weighted by Gasteiger charge is -2.39. The van der Waals surface area contributed by atoms with Gasteiger partial charge in [-0.2, -0.15) is 0 Å². The highest BCUT2D eigenvalue weighted by molar-refractivity contribution is 7.80. The second kappa shape index (κ2) is 5.83. The van der Waals surface area contributed by atoms with Crippen molar-refractivity contribution in [2.75, 3.05) is 0 Å². The number of hydrogen-bond donors (Lipinski definition) is 2. The number of aromatic amines is 1. The second-order valence-corrected chi connectivity index (χ2v) is 5.46. The first-order valence-electron chi connectivity index (χ1n) is 7.27. The minimum absolute atomic E-state index is 0.216. The van der Waals surface area contributed by atoms with Gasteiger partial charge in [0.15, 0.2) is 5.11 Å². The number of fused-ring (bicyclic) bond motifs is 3. The second-order valence-electron chi connectivity index (χ2n) is 5.04. The molecule has 4 heteroatoms. The van der Waals surface area contributed by atoms with E-state index in [2.05, 4.69) is 48.0 Å². The number of aromatic nitrogens is 1. The van der Waals surface area contributed by atoms with Gasteiger partial charge in [0, 0.05) is 22.6 Å². The zero-order chi connectivity index (χ0) is 14.9. The van der Waals surface area contributed by atoms with Gasteiger partial charge >= 0.3 is 0 Å². The average molecular weight is 289 g/mol. The third kappa shape index (κ3) is 2.29. The molecule has 2 atom stereocenters. The first-order chi connectivity index (χ1) is 9.59. The monoisotopic (exact) mass is 289 g/mol. The highest BCUT2D eigenvalue weighted by Gasteiger charge is 2.32. The quantitative estimate of drug-likeness (QED) is 0.726. The van der Waals surface area contributed by atoms with Crippen LogP contribution in [0.3, 0.4) is 0 Å². The van der Waals surface area contributed by atoms with Gasteiger partial charge in [-0.1, -0.05) is 32.0 Å². The summed E-state index contributed by atoms with van der Waals surface area (Å²) in [6, 6.07) is 9.02. The molecule has 1 aromatic carbocycles. The molecule has 1 aliphatic heterocycles. The van der Waals surface area contributed by atoms with E-state index in [9.17, 15) is 0 Å². The minimum atomic E-state index is 0.216. The molecule has 1 aliphatic rings. The van der Waals surface area contributed by atoms with Crippen LogP contribution >= 0.6 is 12.2 Å². The third-order valence-corrected chi connectivity index (χ3v) is 4.12. The Morgan fingerprint density at radius 1 is 1.30 bits per heavy atom. The fourth-order valence-electron chi connectivity index (χ4n) is 3.12. The van der Waals surface area contributed by atoms with E-state index in [4.69, 9.17) is 18.0 Å². The van der Waals surface area contributed by atoms with Crippen molar-refractivity contribution in [3.63, 3.8) is 0 Å². The van der Waals surface area contributed by atoms with Crippen molar-refractivity contribution in [2.45, 2.75) is 46.2 Å². The zero-order valence-electron chi connectivity index (χ0n) is 12.6. The normalized spacial score (nSPS) is 21.1. The molecule has 0 bridgehead atoms. The Kier molecular flexibility index (Phi) is 4.33. The number of rotatable bonds is 0. The summed E-state index contributed by atoms with van der Waals surface area (Å²) >= 11 is 5.17. The van der Waals surface area contributed by atoms with Crippen molar-refractivity contribution < 1.29 is 0 Å². The van der Waals surface area contributed by atoms with Gasteiger partial charge in [0.2, 0.25) is 0 Å². The van der Waals surface area contributed by atoms with Crippen LogP contribution in [-0.2, 0) is 6.42 Å². The van der Waals surface area contributed by atoms with Crippen LogP contribution in [0.5, 0.6) is 0 Å². The molecule has 20 heavy (non-hydrogen) atoms. The Morgan fingerprint density at radius 3 is 2.60 bits per heavy atom. The topological polar surface area (TPSA) is 45.0 Å². The zero-order valence-corrected chi connectivity index (χ0v) is 13.4. The summed E-state index contributed by atoms with van der Waals surface area (Å²) in [6.45, 7) is 8.34. The summed E-state index contributed by atoms with van der Waals surface area (Å²) in [4.78, 5) is 5.63. The van der Waals surface area contributed by atoms with Gasteiger partial charge in [0.1, 0.15) is 0 Å². The van der Waals surface area contributed by atoms with Crippen molar-refractivity contribution in [1.29, 1.82) is 0 Å². The number of nitrogens with zero attached hydrogens (tertiary/aromatic N) is 1. The molecule has 0 amide bonds.